The Morgan fingerprint density at radius 3 is 2.71 bits per heavy atom. The molecule has 2 rings (SSSR count). The van der Waals surface area contributed by atoms with Gasteiger partial charge in [0, 0.05) is 24.7 Å². The number of rotatable bonds is 6. The maximum atomic E-state index is 12.2. The zero-order chi connectivity index (χ0) is 16.7. The average Bonchev–Trinajstić information content (AvgIpc) is 2.93. The van der Waals surface area contributed by atoms with Gasteiger partial charge in [-0.05, 0) is 24.6 Å². The number of aromatic nitrogens is 1. The molecule has 5 nitrogen and oxygen atoms in total. The van der Waals surface area contributed by atoms with Gasteiger partial charge in [-0.3, -0.25) is 4.99 Å². The van der Waals surface area contributed by atoms with Crippen molar-refractivity contribution in [2.45, 2.75) is 26.6 Å². The minimum Gasteiger partial charge on any atom is -0.435 e. The summed E-state index contributed by atoms with van der Waals surface area (Å²) in [4.78, 5) is 9.53. The highest BCUT2D eigenvalue weighted by molar-refractivity contribution is 14.0. The summed E-state index contributed by atoms with van der Waals surface area (Å²) in [5, 5.41) is 7.24. The van der Waals surface area contributed by atoms with Gasteiger partial charge in [0.2, 0.25) is 0 Å². The average molecular weight is 468 g/mol. The van der Waals surface area contributed by atoms with E-state index in [4.69, 9.17) is 0 Å². The van der Waals surface area contributed by atoms with Gasteiger partial charge in [-0.1, -0.05) is 12.1 Å². The molecule has 0 aliphatic carbocycles. The number of hydrogen-bond acceptors (Lipinski definition) is 4. The van der Waals surface area contributed by atoms with Gasteiger partial charge in [-0.25, -0.2) is 4.98 Å². The topological polar surface area (TPSA) is 58.5 Å². The third-order valence-corrected chi connectivity index (χ3v) is 3.80. The second kappa shape index (κ2) is 10.4. The lowest BCUT2D eigenvalue weighted by molar-refractivity contribution is -0.0498. The molecule has 1 aromatic heterocycles. The van der Waals surface area contributed by atoms with E-state index in [1.165, 1.54) is 6.07 Å². The Bertz CT molecular complexity index is 666. The molecule has 24 heavy (non-hydrogen) atoms. The Morgan fingerprint density at radius 1 is 1.33 bits per heavy atom. The number of halogens is 3. The first kappa shape index (κ1) is 20.6. The van der Waals surface area contributed by atoms with E-state index < -0.39 is 6.61 Å². The molecular weight excluding hydrogens is 449 g/mol. The maximum absolute atomic E-state index is 12.2. The summed E-state index contributed by atoms with van der Waals surface area (Å²) < 4.78 is 28.8. The van der Waals surface area contributed by atoms with Crippen LogP contribution in [0.1, 0.15) is 15.4 Å². The van der Waals surface area contributed by atoms with Crippen molar-refractivity contribution in [3.63, 3.8) is 0 Å². The van der Waals surface area contributed by atoms with Gasteiger partial charge in [0.05, 0.1) is 6.54 Å². The highest BCUT2D eigenvalue weighted by atomic mass is 127. The zero-order valence-electron chi connectivity index (χ0n) is 13.3. The molecule has 9 heteroatoms. The standard InChI is InChI=1S/C15H18F2N4OS.HI/c1-10-7-19-13(23-10)9-21-15(18-2)20-8-11-4-3-5-12(6-11)22-14(16)17;/h3-7,14H,8-9H2,1-2H3,(H2,18,20,21);1H. The Labute approximate surface area is 160 Å². The van der Waals surface area contributed by atoms with E-state index in [2.05, 4.69) is 25.3 Å². The largest absolute Gasteiger partial charge is 0.435 e. The lowest BCUT2D eigenvalue weighted by Crippen LogP contribution is -2.36. The number of benzene rings is 1. The van der Waals surface area contributed by atoms with Gasteiger partial charge >= 0.3 is 6.61 Å². The fraction of sp³-hybridized carbons (Fsp3) is 0.333. The van der Waals surface area contributed by atoms with Crippen LogP contribution in [0.2, 0.25) is 0 Å². The Kier molecular flexibility index (Phi) is 8.90. The lowest BCUT2D eigenvalue weighted by Gasteiger charge is -2.12. The van der Waals surface area contributed by atoms with E-state index in [-0.39, 0.29) is 29.7 Å². The smallest absolute Gasteiger partial charge is 0.387 e. The summed E-state index contributed by atoms with van der Waals surface area (Å²) in [6.07, 6.45) is 1.83. The second-order valence-corrected chi connectivity index (χ2v) is 5.99. The number of hydrogen-bond donors (Lipinski definition) is 2. The van der Waals surface area contributed by atoms with Crippen molar-refractivity contribution in [3.8, 4) is 5.75 Å². The van der Waals surface area contributed by atoms with Crippen LogP contribution in [0.25, 0.3) is 0 Å². The molecule has 0 amide bonds. The van der Waals surface area contributed by atoms with Crippen molar-refractivity contribution in [2.75, 3.05) is 7.05 Å². The lowest BCUT2D eigenvalue weighted by atomic mass is 10.2. The minimum atomic E-state index is -2.82. The van der Waals surface area contributed by atoms with Gasteiger partial charge in [0.15, 0.2) is 5.96 Å². The van der Waals surface area contributed by atoms with Crippen molar-refractivity contribution in [1.29, 1.82) is 0 Å². The fourth-order valence-corrected chi connectivity index (χ4v) is 2.61. The van der Waals surface area contributed by atoms with E-state index in [0.717, 1.165) is 15.4 Å². The second-order valence-electron chi connectivity index (χ2n) is 4.67. The van der Waals surface area contributed by atoms with E-state index in [1.807, 2.05) is 19.2 Å². The van der Waals surface area contributed by atoms with Crippen molar-refractivity contribution < 1.29 is 13.5 Å². The van der Waals surface area contributed by atoms with Crippen LogP contribution < -0.4 is 15.4 Å². The molecule has 132 valence electrons. The third kappa shape index (κ3) is 6.95. The van der Waals surface area contributed by atoms with E-state index >= 15 is 0 Å². The van der Waals surface area contributed by atoms with Gasteiger partial charge in [0.25, 0.3) is 0 Å². The molecule has 1 heterocycles. The van der Waals surface area contributed by atoms with Crippen LogP contribution in [0.5, 0.6) is 5.75 Å². The number of aliphatic imine (C=N–C) groups is 1. The summed E-state index contributed by atoms with van der Waals surface area (Å²) in [5.41, 5.74) is 0.816. The molecule has 0 radical (unpaired) electrons. The quantitative estimate of drug-likeness (QED) is 0.387. The van der Waals surface area contributed by atoms with E-state index in [1.54, 1.807) is 30.5 Å². The highest BCUT2D eigenvalue weighted by Crippen LogP contribution is 2.15. The van der Waals surface area contributed by atoms with Crippen LogP contribution in [-0.2, 0) is 13.1 Å². The van der Waals surface area contributed by atoms with E-state index in [0.29, 0.717) is 19.0 Å². The first-order valence-electron chi connectivity index (χ1n) is 6.96. The van der Waals surface area contributed by atoms with Crippen molar-refractivity contribution in [2.24, 2.45) is 4.99 Å². The van der Waals surface area contributed by atoms with E-state index in [9.17, 15) is 8.78 Å². The molecule has 2 N–H and O–H groups in total. The van der Waals surface area contributed by atoms with Crippen molar-refractivity contribution >= 4 is 41.3 Å². The predicted molar refractivity (Wildman–Crippen MR) is 102 cm³/mol. The van der Waals surface area contributed by atoms with Gasteiger partial charge in [-0.15, -0.1) is 35.3 Å². The Hall–Kier alpha value is -1.49. The summed E-state index contributed by atoms with van der Waals surface area (Å²) in [7, 11) is 1.67. The molecule has 0 aliphatic rings. The molecule has 0 fully saturated rings. The highest BCUT2D eigenvalue weighted by Gasteiger charge is 2.05. The monoisotopic (exact) mass is 468 g/mol. The van der Waals surface area contributed by atoms with Crippen molar-refractivity contribution in [3.05, 3.63) is 45.9 Å². The van der Waals surface area contributed by atoms with Crippen LogP contribution in [0.3, 0.4) is 0 Å². The van der Waals surface area contributed by atoms with Gasteiger partial charge in [0.1, 0.15) is 10.8 Å². The number of nitrogens with zero attached hydrogens (tertiary/aromatic N) is 2. The zero-order valence-corrected chi connectivity index (χ0v) is 16.4. The van der Waals surface area contributed by atoms with Crippen molar-refractivity contribution in [1.82, 2.24) is 15.6 Å². The summed E-state index contributed by atoms with van der Waals surface area (Å²) >= 11 is 1.62. The number of guanidine groups is 1. The van der Waals surface area contributed by atoms with Crippen LogP contribution >= 0.6 is 35.3 Å². The number of thiazole rings is 1. The first-order chi connectivity index (χ1) is 11.1. The van der Waals surface area contributed by atoms with Crippen LogP contribution in [-0.4, -0.2) is 24.6 Å². The fourth-order valence-electron chi connectivity index (χ4n) is 1.88. The molecule has 0 bridgehead atoms. The SMILES string of the molecule is CN=C(NCc1cccc(OC(F)F)c1)NCc1ncc(C)s1.I. The molecule has 0 atom stereocenters. The Balaban J connectivity index is 0.00000288. The predicted octanol–water partition coefficient (Wildman–Crippen LogP) is 3.54. The van der Waals surface area contributed by atoms with Crippen LogP contribution in [0.15, 0.2) is 35.5 Å². The maximum Gasteiger partial charge on any atom is 0.387 e. The van der Waals surface area contributed by atoms with Gasteiger partial charge < -0.3 is 15.4 Å². The third-order valence-electron chi connectivity index (χ3n) is 2.88. The molecule has 2 aromatic rings. The summed E-state index contributed by atoms with van der Waals surface area (Å²) in [6, 6.07) is 6.55. The summed E-state index contributed by atoms with van der Waals surface area (Å²) in [6.45, 7) is 0.196. The minimum absolute atomic E-state index is 0. The normalized spacial score (nSPS) is 11.1. The molecule has 0 aliphatic heterocycles. The van der Waals surface area contributed by atoms with Gasteiger partial charge in [-0.2, -0.15) is 8.78 Å². The first-order valence-corrected chi connectivity index (χ1v) is 7.78. The molecule has 0 unspecified atom stereocenters. The summed E-state index contributed by atoms with van der Waals surface area (Å²) in [5.74, 6) is 0.749. The number of aryl methyl sites for hydroxylation is 1. The number of ether oxygens (including phenoxy) is 1. The molecule has 0 saturated carbocycles. The molecule has 0 saturated heterocycles. The number of alkyl halides is 2. The molecular formula is C15H19F2IN4OS. The number of nitrogens with one attached hydrogen (secondary N) is 2. The molecule has 0 spiro atoms. The molecule has 1 aromatic carbocycles. The van der Waals surface area contributed by atoms with Crippen LogP contribution in [0.4, 0.5) is 8.78 Å². The van der Waals surface area contributed by atoms with Crippen LogP contribution in [0, 0.1) is 6.92 Å². The Morgan fingerprint density at radius 2 is 2.08 bits per heavy atom.